The minimum Gasteiger partial charge on any atom is -0.493 e. The number of aliphatic hydroxyl groups excluding tert-OH is 1. The van der Waals surface area contributed by atoms with Crippen LogP contribution in [0.15, 0.2) is 24.3 Å². The highest BCUT2D eigenvalue weighted by atomic mass is 19.1. The fourth-order valence-corrected chi connectivity index (χ4v) is 2.86. The average Bonchev–Trinajstić information content (AvgIpc) is 2.74. The van der Waals surface area contributed by atoms with E-state index in [1.54, 1.807) is 12.1 Å². The van der Waals surface area contributed by atoms with E-state index < -0.39 is 0 Å². The first-order valence-electron chi connectivity index (χ1n) is 7.97. The third-order valence-electron chi connectivity index (χ3n) is 4.15. The molecule has 1 saturated carbocycles. The van der Waals surface area contributed by atoms with Gasteiger partial charge in [-0.2, -0.15) is 0 Å². The van der Waals surface area contributed by atoms with Crippen molar-refractivity contribution in [2.75, 3.05) is 13.2 Å². The predicted octanol–water partition coefficient (Wildman–Crippen LogP) is 2.65. The molecular formula is C17H24FNO3. The normalized spacial score (nSPS) is 21.9. The second kappa shape index (κ2) is 8.73. The van der Waals surface area contributed by atoms with Gasteiger partial charge in [0.25, 0.3) is 0 Å². The Bertz CT molecular complexity index is 463. The van der Waals surface area contributed by atoms with Crippen LogP contribution in [0, 0.1) is 11.7 Å². The highest BCUT2D eigenvalue weighted by Crippen LogP contribution is 2.23. The van der Waals surface area contributed by atoms with E-state index in [1.165, 1.54) is 12.1 Å². The second-order valence-electron chi connectivity index (χ2n) is 5.81. The summed E-state index contributed by atoms with van der Waals surface area (Å²) in [7, 11) is 0. The van der Waals surface area contributed by atoms with E-state index in [0.717, 1.165) is 32.1 Å². The molecule has 4 nitrogen and oxygen atoms in total. The van der Waals surface area contributed by atoms with Gasteiger partial charge in [-0.05, 0) is 37.1 Å². The summed E-state index contributed by atoms with van der Waals surface area (Å²) in [5.74, 6) is 0.335. The van der Waals surface area contributed by atoms with E-state index in [1.807, 2.05) is 0 Å². The second-order valence-corrected chi connectivity index (χ2v) is 5.81. The number of nitrogens with one attached hydrogen (secondary N) is 1. The van der Waals surface area contributed by atoms with Gasteiger partial charge in [0.1, 0.15) is 11.6 Å². The van der Waals surface area contributed by atoms with E-state index in [2.05, 4.69) is 5.32 Å². The third-order valence-corrected chi connectivity index (χ3v) is 4.15. The van der Waals surface area contributed by atoms with Gasteiger partial charge in [-0.25, -0.2) is 4.39 Å². The molecule has 2 rings (SSSR count). The van der Waals surface area contributed by atoms with Gasteiger partial charge in [0, 0.05) is 18.6 Å². The zero-order valence-corrected chi connectivity index (χ0v) is 12.8. The van der Waals surface area contributed by atoms with Gasteiger partial charge in [0.2, 0.25) is 5.91 Å². The quantitative estimate of drug-likeness (QED) is 0.794. The molecule has 1 aliphatic rings. The molecule has 0 aliphatic heterocycles. The lowest BCUT2D eigenvalue weighted by molar-refractivity contribution is -0.122. The van der Waals surface area contributed by atoms with Crippen LogP contribution in [0.5, 0.6) is 5.75 Å². The van der Waals surface area contributed by atoms with Crippen LogP contribution in [-0.2, 0) is 4.79 Å². The predicted molar refractivity (Wildman–Crippen MR) is 82.1 cm³/mol. The molecule has 1 fully saturated rings. The molecule has 0 heterocycles. The molecule has 0 spiro atoms. The van der Waals surface area contributed by atoms with E-state index in [4.69, 9.17) is 4.74 Å². The summed E-state index contributed by atoms with van der Waals surface area (Å²) in [4.78, 5) is 12.0. The van der Waals surface area contributed by atoms with Crippen molar-refractivity contribution >= 4 is 5.91 Å². The molecule has 1 aromatic carbocycles. The highest BCUT2D eigenvalue weighted by molar-refractivity contribution is 5.76. The fraction of sp³-hybridized carbons (Fsp3) is 0.588. The molecule has 22 heavy (non-hydrogen) atoms. The van der Waals surface area contributed by atoms with Crippen molar-refractivity contribution in [2.45, 2.75) is 44.6 Å². The van der Waals surface area contributed by atoms with Gasteiger partial charge in [0.05, 0.1) is 13.0 Å². The summed E-state index contributed by atoms with van der Waals surface area (Å²) in [5.41, 5.74) is 0. The molecule has 2 N–H and O–H groups in total. The van der Waals surface area contributed by atoms with Crippen LogP contribution >= 0.6 is 0 Å². The Morgan fingerprint density at radius 3 is 2.68 bits per heavy atom. The van der Waals surface area contributed by atoms with Crippen LogP contribution < -0.4 is 10.1 Å². The third kappa shape index (κ3) is 5.30. The maximum Gasteiger partial charge on any atom is 0.223 e. The molecular weight excluding hydrogens is 285 g/mol. The highest BCUT2D eigenvalue weighted by Gasteiger charge is 2.24. The Morgan fingerprint density at radius 1 is 1.23 bits per heavy atom. The van der Waals surface area contributed by atoms with Crippen molar-refractivity contribution in [1.82, 2.24) is 5.32 Å². The maximum absolute atomic E-state index is 12.8. The summed E-state index contributed by atoms with van der Waals surface area (Å²) in [6.45, 7) is 0.380. The average molecular weight is 309 g/mol. The number of ether oxygens (including phenoxy) is 1. The molecule has 2 atom stereocenters. The number of carbonyl (C=O) groups excluding carboxylic acids is 1. The monoisotopic (exact) mass is 309 g/mol. The van der Waals surface area contributed by atoms with E-state index >= 15 is 0 Å². The lowest BCUT2D eigenvalue weighted by Gasteiger charge is -2.24. The Hall–Kier alpha value is -1.62. The minimum atomic E-state index is -0.312. The standard InChI is InChI=1S/C17H24FNO3/c18-14-6-8-15(9-7-14)22-11-10-17(21)19-16-5-3-1-2-4-13(16)12-20/h6-9,13,16,20H,1-5,10-12H2,(H,19,21). The molecule has 122 valence electrons. The van der Waals surface area contributed by atoms with Crippen molar-refractivity contribution in [1.29, 1.82) is 0 Å². The number of aliphatic hydroxyl groups is 1. The van der Waals surface area contributed by atoms with Crippen molar-refractivity contribution in [3.63, 3.8) is 0 Å². The summed E-state index contributed by atoms with van der Waals surface area (Å²) in [6, 6.07) is 5.80. The molecule has 0 saturated heterocycles. The van der Waals surface area contributed by atoms with Crippen molar-refractivity contribution in [3.05, 3.63) is 30.1 Å². The number of hydrogen-bond acceptors (Lipinski definition) is 3. The Kier molecular flexibility index (Phi) is 6.65. The molecule has 0 bridgehead atoms. The van der Waals surface area contributed by atoms with Crippen LogP contribution in [0.3, 0.4) is 0 Å². The van der Waals surface area contributed by atoms with Crippen molar-refractivity contribution in [3.8, 4) is 5.75 Å². The van der Waals surface area contributed by atoms with Crippen LogP contribution in [0.2, 0.25) is 0 Å². The van der Waals surface area contributed by atoms with Gasteiger partial charge in [-0.15, -0.1) is 0 Å². The van der Waals surface area contributed by atoms with E-state index in [0.29, 0.717) is 5.75 Å². The summed E-state index contributed by atoms with van der Waals surface area (Å²) in [5, 5.41) is 12.5. The molecule has 0 radical (unpaired) electrons. The first-order chi connectivity index (χ1) is 10.7. The zero-order chi connectivity index (χ0) is 15.8. The molecule has 0 aromatic heterocycles. The molecule has 2 unspecified atom stereocenters. The maximum atomic E-state index is 12.8. The number of rotatable bonds is 6. The van der Waals surface area contributed by atoms with Crippen LogP contribution in [0.25, 0.3) is 0 Å². The van der Waals surface area contributed by atoms with Gasteiger partial charge in [-0.1, -0.05) is 19.3 Å². The molecule has 5 heteroatoms. The Balaban J connectivity index is 1.73. The SMILES string of the molecule is O=C(CCOc1ccc(F)cc1)NC1CCCCCC1CO. The lowest BCUT2D eigenvalue weighted by Crippen LogP contribution is -2.41. The van der Waals surface area contributed by atoms with Crippen molar-refractivity contribution in [2.24, 2.45) is 5.92 Å². The zero-order valence-electron chi connectivity index (χ0n) is 12.8. The van der Waals surface area contributed by atoms with E-state index in [9.17, 15) is 14.3 Å². The van der Waals surface area contributed by atoms with Gasteiger partial charge in [-0.3, -0.25) is 4.79 Å². The van der Waals surface area contributed by atoms with E-state index in [-0.39, 0.29) is 43.3 Å². The first kappa shape index (κ1) is 16.7. The number of benzene rings is 1. The largest absolute Gasteiger partial charge is 0.493 e. The number of amides is 1. The summed E-state index contributed by atoms with van der Waals surface area (Å²) >= 11 is 0. The minimum absolute atomic E-state index is 0.0609. The molecule has 1 amide bonds. The van der Waals surface area contributed by atoms with Gasteiger partial charge in [0.15, 0.2) is 0 Å². The fourth-order valence-electron chi connectivity index (χ4n) is 2.86. The van der Waals surface area contributed by atoms with Gasteiger partial charge < -0.3 is 15.2 Å². The molecule has 1 aliphatic carbocycles. The van der Waals surface area contributed by atoms with Crippen molar-refractivity contribution < 1.29 is 19.0 Å². The van der Waals surface area contributed by atoms with Crippen LogP contribution in [0.1, 0.15) is 38.5 Å². The number of hydrogen-bond donors (Lipinski definition) is 2. The topological polar surface area (TPSA) is 58.6 Å². The smallest absolute Gasteiger partial charge is 0.223 e. The Morgan fingerprint density at radius 2 is 1.95 bits per heavy atom. The van der Waals surface area contributed by atoms with Crippen LogP contribution in [0.4, 0.5) is 4.39 Å². The number of halogens is 1. The molecule has 1 aromatic rings. The van der Waals surface area contributed by atoms with Gasteiger partial charge >= 0.3 is 0 Å². The van der Waals surface area contributed by atoms with Crippen LogP contribution in [-0.4, -0.2) is 30.3 Å². The number of carbonyl (C=O) groups is 1. The first-order valence-corrected chi connectivity index (χ1v) is 7.97. The lowest BCUT2D eigenvalue weighted by atomic mass is 9.95. The summed E-state index contributed by atoms with van der Waals surface area (Å²) < 4.78 is 18.2. The summed E-state index contributed by atoms with van der Waals surface area (Å²) in [6.07, 6.45) is 5.52. The Labute approximate surface area is 130 Å².